The summed E-state index contributed by atoms with van der Waals surface area (Å²) in [6.45, 7) is 16.8. The number of esters is 8. The maximum absolute atomic E-state index is 12.5. The second kappa shape index (κ2) is 63.5. The van der Waals surface area contributed by atoms with Crippen molar-refractivity contribution in [1.29, 1.82) is 0 Å². The van der Waals surface area contributed by atoms with Crippen LogP contribution in [-0.2, 0) is 300 Å². The summed E-state index contributed by atoms with van der Waals surface area (Å²) < 4.78 is 425. The molecule has 8 atom stereocenters. The normalized spacial score (nSPS) is 16.3. The first-order chi connectivity index (χ1) is 66.8. The van der Waals surface area contributed by atoms with Gasteiger partial charge in [0.05, 0.1) is 96.9 Å². The van der Waals surface area contributed by atoms with Crippen molar-refractivity contribution in [2.45, 2.75) is 104 Å². The van der Waals surface area contributed by atoms with E-state index >= 15 is 0 Å². The van der Waals surface area contributed by atoms with Gasteiger partial charge < -0.3 is 115 Å². The number of ether oxygens (including phenoxy) is 8. The van der Waals surface area contributed by atoms with E-state index in [4.69, 9.17) is 35.3 Å². The van der Waals surface area contributed by atoms with Crippen LogP contribution in [0.3, 0.4) is 0 Å². The number of nitrogens with zero attached hydrogens (tertiary/aromatic N) is 1. The van der Waals surface area contributed by atoms with Gasteiger partial charge in [0.25, 0.3) is 124 Å². The molecule has 1 aromatic carbocycles. The molecule has 0 saturated carbocycles. The molecule has 148 heavy (non-hydrogen) atoms. The molecular weight excluding hydrogens is 2350 g/mol. The van der Waals surface area contributed by atoms with Gasteiger partial charge in [0, 0.05) is 99.5 Å². The van der Waals surface area contributed by atoms with Crippen LogP contribution < -0.4 is 0 Å². The molecule has 0 bridgehead atoms. The number of methoxy groups -OCH3 is 4. The van der Waals surface area contributed by atoms with E-state index in [1.165, 1.54) is 37.3 Å². The first-order valence-electron chi connectivity index (χ1n) is 38.4. The molecule has 0 aliphatic carbocycles. The zero-order valence-corrected chi connectivity index (χ0v) is 99.4. The predicted octanol–water partition coefficient (Wildman–Crippen LogP) is 4.73. The van der Waals surface area contributed by atoms with E-state index in [0.717, 1.165) is 183 Å². The standard InChI is InChI=1S/C12H17O8PS.C9H16NO8PS.C9H17O8PS.C9H15O8PS.C7H13O8PS.3C7H15O8PS/c1-12(11(13)17-2,21(14,18-3)19-4)20-22(15,16)10-8-6-5-7-9-10;1-9(18-20(5,13)14,19(12,15-3)16-4)8(11)17-7-6-10-2;2*1-6-7-16-8(10)9(2,17-19(5,12)13)18(11,14-3)15-4;1-7(6(8)12-2,15-17(3,10)11)16(9)13-4-5-14-16;2*1-7(6(8)12-2,15-17(5,10)11)16(9,13-3)14-4;1-5-14-6(8)7(15-17(4,10)11)16(9,12-2)13-3/h5-9H,1-4H3;6-7H2,1,3-5H3;6H,1,7H2,2-5H3;1H,7H2,2-5H3;4-5H2,1-3H3;2*1-5H3;7H,5H2,1-4H3. The molecule has 1 heterocycles. The molecule has 65 nitrogen and oxygen atoms in total. The highest BCUT2D eigenvalue weighted by molar-refractivity contribution is 7.88. The number of carbonyl (C=O) groups excluding carboxylic acids is 8. The SMILES string of the molecule is C#CCOC(=O)C(C)(OS(C)(=O)=O)P(=O)(OC)OC.C=CCOC(=O)C(C)(OS(C)(=O)=O)P(=O)(OC)OC.CCOC(=O)C(OS(C)(=O)=O)P(=O)(OC)OC.COC(=O)C(C)(OS(=O)(=O)c1ccccc1)P(=O)(OC)OC.COC(=O)C(C)(OS(C)(=O)=O)P(=O)(OC)OC.COC(=O)C(C)(OS(C)(=O)=O)P(=O)(OC)OC.COC(=O)C(C)(OS(C)(=O)=O)P1(=O)OCCO1.[C-]#[N+]CCOC(=O)C(C)(OS(C)(=O)=O)P(=O)(OC)OC. The van der Waals surface area contributed by atoms with Gasteiger partial charge in [0.1, 0.15) is 6.61 Å². The van der Waals surface area contributed by atoms with Crippen LogP contribution in [0, 0.1) is 18.9 Å². The predicted molar refractivity (Wildman–Crippen MR) is 508 cm³/mol. The maximum Gasteiger partial charge on any atom is 0.375 e. The lowest BCUT2D eigenvalue weighted by Crippen LogP contribution is -2.42. The molecule has 868 valence electrons. The van der Waals surface area contributed by atoms with Gasteiger partial charge >= 0.3 is 109 Å². The van der Waals surface area contributed by atoms with Crippen LogP contribution in [-0.4, -0.2) is 376 Å². The summed E-state index contributed by atoms with van der Waals surface area (Å²) >= 11 is 0. The van der Waals surface area contributed by atoms with Crippen LogP contribution in [0.25, 0.3) is 4.85 Å². The van der Waals surface area contributed by atoms with E-state index in [2.05, 4.69) is 133 Å². The Morgan fingerprint density at radius 3 is 0.878 bits per heavy atom. The van der Waals surface area contributed by atoms with Crippen molar-refractivity contribution in [3.05, 3.63) is 54.4 Å². The van der Waals surface area contributed by atoms with Gasteiger partial charge in [0.2, 0.25) is 6.54 Å². The van der Waals surface area contributed by atoms with E-state index < -0.39 is 239 Å². The van der Waals surface area contributed by atoms with Crippen molar-refractivity contribution in [1.82, 2.24) is 0 Å². The Bertz CT molecular complexity index is 5880. The minimum atomic E-state index is -4.41. The third kappa shape index (κ3) is 45.2. The molecular formula is C67H123NO64P8S8. The lowest BCUT2D eigenvalue weighted by molar-refractivity contribution is -0.155. The highest BCUT2D eigenvalue weighted by atomic mass is 32.3. The fourth-order valence-corrected chi connectivity index (χ4v) is 30.4. The highest BCUT2D eigenvalue weighted by Crippen LogP contribution is 2.67. The number of carbonyl (C=O) groups is 8. The van der Waals surface area contributed by atoms with Crippen LogP contribution in [0.2, 0.25) is 0 Å². The number of hydrogen-bond donors (Lipinski definition) is 0. The molecule has 81 heteroatoms. The van der Waals surface area contributed by atoms with Gasteiger partial charge in [-0.3, -0.25) is 36.5 Å². The zero-order valence-electron chi connectivity index (χ0n) is 85.7. The summed E-state index contributed by atoms with van der Waals surface area (Å²) in [6.07, 6.45) is 11.0. The zero-order chi connectivity index (χ0) is 119. The smallest absolute Gasteiger partial charge is 0.375 e. The number of rotatable bonds is 53. The van der Waals surface area contributed by atoms with Gasteiger partial charge in [-0.2, -0.15) is 67.3 Å². The van der Waals surface area contributed by atoms with E-state index in [-0.39, 0.29) is 44.5 Å². The molecule has 0 spiro atoms. The molecule has 0 amide bonds. The van der Waals surface area contributed by atoms with Gasteiger partial charge in [-0.25, -0.2) is 78.4 Å². The van der Waals surface area contributed by atoms with Crippen molar-refractivity contribution in [3.8, 4) is 12.3 Å². The van der Waals surface area contributed by atoms with E-state index in [0.29, 0.717) is 37.5 Å². The second-order valence-electron chi connectivity index (χ2n) is 27.3. The Labute approximate surface area is 858 Å². The molecule has 8 unspecified atom stereocenters. The minimum absolute atomic E-state index is 0.0169. The van der Waals surface area contributed by atoms with Crippen LogP contribution in [0.15, 0.2) is 47.9 Å². The second-order valence-corrected chi connectivity index (χ2v) is 60.0. The van der Waals surface area contributed by atoms with Crippen LogP contribution in [0.5, 0.6) is 0 Å². The van der Waals surface area contributed by atoms with Crippen molar-refractivity contribution >= 4 is 189 Å². The van der Waals surface area contributed by atoms with Crippen molar-refractivity contribution in [2.24, 2.45) is 0 Å². The Morgan fingerprint density at radius 1 is 0.399 bits per heavy atom. The molecule has 0 N–H and O–H groups in total. The average molecular weight is 2470 g/mol. The first-order valence-corrected chi connectivity index (χ1v) is 65.0. The molecule has 0 aromatic heterocycles. The van der Waals surface area contributed by atoms with Gasteiger partial charge in [-0.1, -0.05) is 36.8 Å². The Kier molecular flexibility index (Phi) is 65.5. The minimum Gasteiger partial charge on any atom is -0.466 e. The summed E-state index contributed by atoms with van der Waals surface area (Å²) in [6, 6.07) is 7.07. The quantitative estimate of drug-likeness (QED) is 0.0124. The summed E-state index contributed by atoms with van der Waals surface area (Å²) in [4.78, 5) is 96.4. The third-order valence-corrected chi connectivity index (χ3v) is 41.1. The van der Waals surface area contributed by atoms with Crippen molar-refractivity contribution in [3.63, 3.8) is 0 Å². The summed E-state index contributed by atoms with van der Waals surface area (Å²) in [7, 11) is -48.5. The molecule has 2 rings (SSSR count). The summed E-state index contributed by atoms with van der Waals surface area (Å²) in [5.41, 5.74) is 0. The van der Waals surface area contributed by atoms with E-state index in [1.54, 1.807) is 6.07 Å². The van der Waals surface area contributed by atoms with Gasteiger partial charge in [-0.15, -0.1) is 6.42 Å². The summed E-state index contributed by atoms with van der Waals surface area (Å²) in [5.74, 6) is -9.57. The fourth-order valence-electron chi connectivity index (χ4n) is 9.55. The molecule has 1 fully saturated rings. The monoisotopic (exact) mass is 2470 g/mol. The average Bonchev–Trinajstić information content (AvgIpc) is 0.992. The van der Waals surface area contributed by atoms with E-state index in [1.807, 2.05) is 5.92 Å². The molecule has 1 aliphatic heterocycles. The maximum atomic E-state index is 12.5. The largest absolute Gasteiger partial charge is 0.466 e. The number of benzene rings is 1. The first kappa shape index (κ1) is 153. The number of hydrogen-bond acceptors (Lipinski definition) is 64. The molecule has 0 radical (unpaired) electrons. The molecule has 1 aliphatic rings. The summed E-state index contributed by atoms with van der Waals surface area (Å²) in [5, 5.41) is -17.0. The number of terminal acetylenes is 1. The lowest BCUT2D eigenvalue weighted by Gasteiger charge is -2.30. The van der Waals surface area contributed by atoms with Crippen LogP contribution in [0.4, 0.5) is 0 Å². The lowest BCUT2D eigenvalue weighted by atomic mass is 10.4. The van der Waals surface area contributed by atoms with Crippen molar-refractivity contribution in [2.75, 3.05) is 218 Å². The van der Waals surface area contributed by atoms with Crippen LogP contribution in [0.1, 0.15) is 55.4 Å². The van der Waals surface area contributed by atoms with Crippen molar-refractivity contribution < 1.29 is 286 Å². The molecule has 1 saturated heterocycles. The van der Waals surface area contributed by atoms with Gasteiger partial charge in [0.15, 0.2) is 13.2 Å². The Hall–Kier alpha value is -5.75. The van der Waals surface area contributed by atoms with Crippen LogP contribution >= 0.6 is 60.8 Å². The van der Waals surface area contributed by atoms with Gasteiger partial charge in [-0.05, 0) is 67.5 Å². The Balaban J connectivity index is -0.000000390. The Morgan fingerprint density at radius 2 is 0.655 bits per heavy atom. The van der Waals surface area contributed by atoms with E-state index in [9.17, 15) is 142 Å². The fraction of sp³-hybridized carbons (Fsp3) is 0.716. The topological polar surface area (TPSA) is 846 Å². The third-order valence-electron chi connectivity index (χ3n) is 16.3. The highest BCUT2D eigenvalue weighted by Gasteiger charge is 2.65. The molecule has 1 aromatic rings.